The first kappa shape index (κ1) is 9.83. The molecule has 0 unspecified atom stereocenters. The Morgan fingerprint density at radius 3 is 2.86 bits per heavy atom. The van der Waals surface area contributed by atoms with Crippen LogP contribution in [0.1, 0.15) is 5.69 Å². The number of nitrogens with two attached hydrogens (primary N) is 1. The number of hydrogen-bond acceptors (Lipinski definition) is 2. The minimum absolute atomic E-state index is 0.120. The first-order chi connectivity index (χ1) is 6.63. The molecule has 0 saturated carbocycles. The van der Waals surface area contributed by atoms with Crippen LogP contribution in [0.4, 0.5) is 5.69 Å². The van der Waals surface area contributed by atoms with Gasteiger partial charge in [-0.05, 0) is 12.1 Å². The van der Waals surface area contributed by atoms with E-state index in [1.54, 1.807) is 6.07 Å². The highest BCUT2D eigenvalue weighted by Crippen LogP contribution is 2.33. The molecule has 14 heavy (non-hydrogen) atoms. The summed E-state index contributed by atoms with van der Waals surface area (Å²) >= 11 is 9.37. The highest BCUT2D eigenvalue weighted by molar-refractivity contribution is 9.10. The number of H-pyrrole nitrogens is 1. The topological polar surface area (TPSA) is 62.0 Å². The number of aromatic amines is 1. The Morgan fingerprint density at radius 2 is 2.21 bits per heavy atom. The lowest BCUT2D eigenvalue weighted by Gasteiger charge is -1.97. The lowest BCUT2D eigenvalue weighted by atomic mass is 10.2. The van der Waals surface area contributed by atoms with Crippen molar-refractivity contribution in [3.63, 3.8) is 0 Å². The number of aliphatic hydroxyl groups excluding tert-OH is 1. The van der Waals surface area contributed by atoms with E-state index in [9.17, 15) is 0 Å². The summed E-state index contributed by atoms with van der Waals surface area (Å²) in [6.45, 7) is -0.120. The molecule has 0 spiro atoms. The predicted octanol–water partition coefficient (Wildman–Crippen LogP) is 2.66. The van der Waals surface area contributed by atoms with E-state index >= 15 is 0 Å². The summed E-state index contributed by atoms with van der Waals surface area (Å²) in [5.41, 5.74) is 7.76. The number of hydrogen-bond donors (Lipinski definition) is 3. The number of aromatic nitrogens is 1. The van der Waals surface area contributed by atoms with Crippen LogP contribution in [0.25, 0.3) is 10.9 Å². The normalized spacial score (nSPS) is 11.1. The van der Waals surface area contributed by atoms with Crippen LogP contribution >= 0.6 is 27.5 Å². The van der Waals surface area contributed by atoms with Gasteiger partial charge in [-0.1, -0.05) is 27.5 Å². The van der Waals surface area contributed by atoms with Gasteiger partial charge in [0.15, 0.2) is 0 Å². The Kier molecular flexibility index (Phi) is 2.43. The lowest BCUT2D eigenvalue weighted by molar-refractivity contribution is 0.278. The fourth-order valence-electron chi connectivity index (χ4n) is 1.42. The van der Waals surface area contributed by atoms with Crippen molar-refractivity contribution < 1.29 is 5.11 Å². The van der Waals surface area contributed by atoms with Crippen molar-refractivity contribution in [2.24, 2.45) is 0 Å². The minimum Gasteiger partial charge on any atom is -0.397 e. The third-order valence-electron chi connectivity index (χ3n) is 2.07. The van der Waals surface area contributed by atoms with E-state index in [0.29, 0.717) is 16.4 Å². The summed E-state index contributed by atoms with van der Waals surface area (Å²) < 4.78 is 0.868. The van der Waals surface area contributed by atoms with Crippen molar-refractivity contribution in [3.05, 3.63) is 27.3 Å². The van der Waals surface area contributed by atoms with Gasteiger partial charge in [-0.2, -0.15) is 0 Å². The number of nitrogen functional groups attached to an aromatic ring is 1. The van der Waals surface area contributed by atoms with Crippen LogP contribution in [0.3, 0.4) is 0 Å². The number of rotatable bonds is 1. The summed E-state index contributed by atoms with van der Waals surface area (Å²) in [6, 6.07) is 3.65. The molecule has 3 nitrogen and oxygen atoms in total. The van der Waals surface area contributed by atoms with E-state index in [2.05, 4.69) is 20.9 Å². The molecule has 2 aromatic rings. The second-order valence-electron chi connectivity index (χ2n) is 2.99. The maximum atomic E-state index is 9.01. The van der Waals surface area contributed by atoms with E-state index in [4.69, 9.17) is 22.4 Å². The molecule has 0 bridgehead atoms. The van der Waals surface area contributed by atoms with Crippen LogP contribution in [0.5, 0.6) is 0 Å². The van der Waals surface area contributed by atoms with Crippen molar-refractivity contribution in [2.45, 2.75) is 6.61 Å². The highest BCUT2D eigenvalue weighted by atomic mass is 79.9. The third kappa shape index (κ3) is 1.39. The molecule has 5 heteroatoms. The van der Waals surface area contributed by atoms with E-state index in [1.165, 1.54) is 0 Å². The average Bonchev–Trinajstić information content (AvgIpc) is 2.44. The molecule has 0 aliphatic rings. The summed E-state index contributed by atoms with van der Waals surface area (Å²) in [6.07, 6.45) is 0. The molecule has 74 valence electrons. The van der Waals surface area contributed by atoms with Gasteiger partial charge in [-0.25, -0.2) is 0 Å². The monoisotopic (exact) mass is 274 g/mol. The van der Waals surface area contributed by atoms with Gasteiger partial charge in [0, 0.05) is 9.86 Å². The number of aliphatic hydroxyl groups is 1. The number of benzene rings is 1. The van der Waals surface area contributed by atoms with Gasteiger partial charge in [0.2, 0.25) is 0 Å². The minimum atomic E-state index is -0.120. The molecule has 0 amide bonds. The molecule has 1 heterocycles. The zero-order valence-electron chi connectivity index (χ0n) is 7.14. The molecule has 2 rings (SSSR count). The predicted molar refractivity (Wildman–Crippen MR) is 61.3 cm³/mol. The van der Waals surface area contributed by atoms with E-state index in [1.807, 2.05) is 6.07 Å². The fourth-order valence-corrected chi connectivity index (χ4v) is 2.15. The molecule has 0 saturated heterocycles. The molecular weight excluding hydrogens is 267 g/mol. The van der Waals surface area contributed by atoms with E-state index in [-0.39, 0.29) is 6.61 Å². The summed E-state index contributed by atoms with van der Waals surface area (Å²) in [7, 11) is 0. The molecule has 0 atom stereocenters. The van der Waals surface area contributed by atoms with Crippen LogP contribution in [-0.2, 0) is 6.61 Å². The van der Waals surface area contributed by atoms with Crippen molar-refractivity contribution in [3.8, 4) is 0 Å². The van der Waals surface area contributed by atoms with Crippen LogP contribution < -0.4 is 5.73 Å². The van der Waals surface area contributed by atoms with Crippen molar-refractivity contribution in [1.82, 2.24) is 4.98 Å². The summed E-state index contributed by atoms with van der Waals surface area (Å²) in [4.78, 5) is 2.98. The third-order valence-corrected chi connectivity index (χ3v) is 2.96. The van der Waals surface area contributed by atoms with Crippen LogP contribution in [-0.4, -0.2) is 10.1 Å². The van der Waals surface area contributed by atoms with Crippen molar-refractivity contribution in [2.75, 3.05) is 5.73 Å². The van der Waals surface area contributed by atoms with Gasteiger partial charge in [0.25, 0.3) is 0 Å². The summed E-state index contributed by atoms with van der Waals surface area (Å²) in [5.74, 6) is 0. The van der Waals surface area contributed by atoms with Gasteiger partial charge in [-0.3, -0.25) is 0 Å². The number of nitrogens with one attached hydrogen (secondary N) is 1. The lowest BCUT2D eigenvalue weighted by Crippen LogP contribution is -1.86. The van der Waals surface area contributed by atoms with Gasteiger partial charge in [-0.15, -0.1) is 0 Å². The molecule has 1 aromatic carbocycles. The standard InChI is InChI=1S/C9H8BrClN2O/c10-4-1-5-8(11)7(3-14)13-9(5)6(12)2-4/h1-2,13-14H,3,12H2. The SMILES string of the molecule is Nc1cc(Br)cc2c(Cl)c(CO)[nH]c12. The second-order valence-corrected chi connectivity index (χ2v) is 4.29. The fraction of sp³-hybridized carbons (Fsp3) is 0.111. The van der Waals surface area contributed by atoms with Gasteiger partial charge in [0.05, 0.1) is 28.5 Å². The average molecular weight is 276 g/mol. The Bertz CT molecular complexity index is 495. The molecule has 0 aliphatic heterocycles. The first-order valence-corrected chi connectivity index (χ1v) is 5.16. The van der Waals surface area contributed by atoms with Crippen LogP contribution in [0.2, 0.25) is 5.02 Å². The van der Waals surface area contributed by atoms with Gasteiger partial charge >= 0.3 is 0 Å². The maximum absolute atomic E-state index is 9.01. The molecular formula is C9H8BrClN2O. The molecule has 4 N–H and O–H groups in total. The van der Waals surface area contributed by atoms with Crippen LogP contribution in [0.15, 0.2) is 16.6 Å². The Hall–Kier alpha value is -0.710. The molecule has 0 radical (unpaired) electrons. The summed E-state index contributed by atoms with van der Waals surface area (Å²) in [5, 5.41) is 10.4. The van der Waals surface area contributed by atoms with Gasteiger partial charge < -0.3 is 15.8 Å². The largest absolute Gasteiger partial charge is 0.397 e. The van der Waals surface area contributed by atoms with E-state index in [0.717, 1.165) is 15.4 Å². The Morgan fingerprint density at radius 1 is 1.50 bits per heavy atom. The highest BCUT2D eigenvalue weighted by Gasteiger charge is 2.11. The quantitative estimate of drug-likeness (QED) is 0.701. The smallest absolute Gasteiger partial charge is 0.0846 e. The van der Waals surface area contributed by atoms with Crippen LogP contribution in [0, 0.1) is 0 Å². The Labute approximate surface area is 94.0 Å². The Balaban J connectivity index is 2.85. The number of halogens is 2. The zero-order valence-corrected chi connectivity index (χ0v) is 9.48. The number of anilines is 1. The second kappa shape index (κ2) is 3.46. The molecule has 0 fully saturated rings. The van der Waals surface area contributed by atoms with Crippen molar-refractivity contribution in [1.29, 1.82) is 0 Å². The maximum Gasteiger partial charge on any atom is 0.0846 e. The zero-order chi connectivity index (χ0) is 10.3. The van der Waals surface area contributed by atoms with Crippen molar-refractivity contribution >= 4 is 44.1 Å². The molecule has 0 aliphatic carbocycles. The van der Waals surface area contributed by atoms with E-state index < -0.39 is 0 Å². The number of fused-ring (bicyclic) bond motifs is 1. The molecule has 1 aromatic heterocycles. The first-order valence-electron chi connectivity index (χ1n) is 3.99. The van der Waals surface area contributed by atoms with Gasteiger partial charge in [0.1, 0.15) is 0 Å².